The van der Waals surface area contributed by atoms with E-state index in [-0.39, 0.29) is 35.2 Å². The number of amides is 2. The number of aryl methyl sites for hydroxylation is 1. The van der Waals surface area contributed by atoms with Crippen LogP contribution in [0, 0.1) is 23.0 Å². The zero-order valence-electron chi connectivity index (χ0n) is 20.0. The van der Waals surface area contributed by atoms with E-state index in [1.807, 2.05) is 44.4 Å². The number of anilines is 1. The molecule has 3 aromatic rings. The van der Waals surface area contributed by atoms with Crippen molar-refractivity contribution in [2.24, 2.45) is 5.92 Å². The minimum atomic E-state index is -0.496. The van der Waals surface area contributed by atoms with Crippen molar-refractivity contribution in [1.29, 1.82) is 0 Å². The Balaban J connectivity index is 1.68. The lowest BCUT2D eigenvalue weighted by Crippen LogP contribution is -2.33. The molecule has 0 bridgehead atoms. The molecule has 10 nitrogen and oxygen atoms in total. The first-order valence-electron chi connectivity index (χ1n) is 11.2. The number of nitro groups is 1. The highest BCUT2D eigenvalue weighted by Crippen LogP contribution is 2.26. The molecule has 1 atom stereocenters. The fourth-order valence-corrected chi connectivity index (χ4v) is 4.20. The molecule has 0 fully saturated rings. The Morgan fingerprint density at radius 1 is 1.09 bits per heavy atom. The molecule has 2 amide bonds. The summed E-state index contributed by atoms with van der Waals surface area (Å²) >= 11 is 1.23. The van der Waals surface area contributed by atoms with E-state index in [0.29, 0.717) is 28.8 Å². The van der Waals surface area contributed by atoms with Gasteiger partial charge in [0.25, 0.3) is 11.6 Å². The molecule has 2 aromatic carbocycles. The largest absolute Gasteiger partial charge is 0.342 e. The summed E-state index contributed by atoms with van der Waals surface area (Å²) in [6.07, 6.45) is 0. The van der Waals surface area contributed by atoms with Gasteiger partial charge in [0.1, 0.15) is 0 Å². The summed E-state index contributed by atoms with van der Waals surface area (Å²) in [5.41, 5.74) is 2.07. The number of rotatable bonds is 10. The third-order valence-electron chi connectivity index (χ3n) is 5.30. The summed E-state index contributed by atoms with van der Waals surface area (Å²) in [5.74, 6) is 0.301. The highest BCUT2D eigenvalue weighted by molar-refractivity contribution is 7.99. The second-order valence-corrected chi connectivity index (χ2v) is 9.23. The molecule has 0 radical (unpaired) electrons. The second-order valence-electron chi connectivity index (χ2n) is 8.29. The highest BCUT2D eigenvalue weighted by atomic mass is 32.2. The zero-order chi connectivity index (χ0) is 25.5. The van der Waals surface area contributed by atoms with Gasteiger partial charge < -0.3 is 15.2 Å². The van der Waals surface area contributed by atoms with Crippen molar-refractivity contribution >= 4 is 35.0 Å². The Hall–Kier alpha value is -3.73. The van der Waals surface area contributed by atoms with Crippen LogP contribution in [-0.4, -0.2) is 37.3 Å². The van der Waals surface area contributed by atoms with Crippen LogP contribution >= 0.6 is 11.8 Å². The van der Waals surface area contributed by atoms with Gasteiger partial charge in [0.2, 0.25) is 5.91 Å². The van der Waals surface area contributed by atoms with Gasteiger partial charge in [-0.2, -0.15) is 0 Å². The van der Waals surface area contributed by atoms with Gasteiger partial charge in [-0.05, 0) is 44.0 Å². The molecule has 1 heterocycles. The number of hydrogen-bond acceptors (Lipinski definition) is 7. The Labute approximate surface area is 207 Å². The Morgan fingerprint density at radius 3 is 2.31 bits per heavy atom. The quantitative estimate of drug-likeness (QED) is 0.242. The van der Waals surface area contributed by atoms with Crippen LogP contribution in [0.2, 0.25) is 0 Å². The average Bonchev–Trinajstić information content (AvgIpc) is 3.24. The van der Waals surface area contributed by atoms with Crippen LogP contribution in [0.25, 0.3) is 0 Å². The van der Waals surface area contributed by atoms with E-state index in [4.69, 9.17) is 0 Å². The first kappa shape index (κ1) is 25.9. The van der Waals surface area contributed by atoms with Crippen molar-refractivity contribution in [2.45, 2.75) is 45.4 Å². The topological polar surface area (TPSA) is 132 Å². The first-order valence-corrected chi connectivity index (χ1v) is 12.2. The summed E-state index contributed by atoms with van der Waals surface area (Å²) < 4.78 is 1.89. The smallest absolute Gasteiger partial charge is 0.269 e. The second kappa shape index (κ2) is 11.6. The van der Waals surface area contributed by atoms with E-state index in [1.54, 1.807) is 12.1 Å². The van der Waals surface area contributed by atoms with Crippen molar-refractivity contribution in [3.05, 3.63) is 75.6 Å². The van der Waals surface area contributed by atoms with Crippen LogP contribution in [0.3, 0.4) is 0 Å². The van der Waals surface area contributed by atoms with E-state index < -0.39 is 4.92 Å². The number of aromatic nitrogens is 3. The SMILES string of the molecule is CCn1c(SCC(=O)Nc2ccc([N+](=O)[O-])cc2)nnc1C(NC(=O)c1ccc(C)cc1)C(C)C. The van der Waals surface area contributed by atoms with E-state index in [9.17, 15) is 19.7 Å². The Bertz CT molecular complexity index is 1190. The lowest BCUT2D eigenvalue weighted by atomic mass is 10.0. The number of carbonyl (C=O) groups excluding carboxylic acids is 2. The van der Waals surface area contributed by atoms with Crippen LogP contribution in [0.4, 0.5) is 11.4 Å². The number of nitro benzene ring substituents is 1. The Kier molecular flexibility index (Phi) is 8.58. The first-order chi connectivity index (χ1) is 16.7. The molecule has 0 aliphatic carbocycles. The van der Waals surface area contributed by atoms with Crippen molar-refractivity contribution in [2.75, 3.05) is 11.1 Å². The fraction of sp³-hybridized carbons (Fsp3) is 0.333. The summed E-state index contributed by atoms with van der Waals surface area (Å²) in [5, 5.41) is 25.7. The standard InChI is InChI=1S/C24H28N6O4S/c1-5-29-22(21(15(2)3)26-23(32)17-8-6-16(4)7-9-17)27-28-24(29)35-14-20(31)25-18-10-12-19(13-11-18)30(33)34/h6-13,15,21H,5,14H2,1-4H3,(H,25,31)(H,26,32). The maximum Gasteiger partial charge on any atom is 0.269 e. The summed E-state index contributed by atoms with van der Waals surface area (Å²) in [6.45, 7) is 8.48. The van der Waals surface area contributed by atoms with Gasteiger partial charge in [0.05, 0.1) is 16.7 Å². The normalized spacial score (nSPS) is 11.8. The molecular weight excluding hydrogens is 468 g/mol. The molecule has 0 aliphatic heterocycles. The minimum absolute atomic E-state index is 0.0462. The van der Waals surface area contributed by atoms with Gasteiger partial charge in [-0.1, -0.05) is 43.3 Å². The van der Waals surface area contributed by atoms with Gasteiger partial charge in [-0.25, -0.2) is 0 Å². The average molecular weight is 497 g/mol. The number of non-ortho nitro benzene ring substituents is 1. The molecule has 1 aromatic heterocycles. The van der Waals surface area contributed by atoms with Crippen molar-refractivity contribution in [3.8, 4) is 0 Å². The minimum Gasteiger partial charge on any atom is -0.342 e. The predicted octanol–water partition coefficient (Wildman–Crippen LogP) is 4.37. The van der Waals surface area contributed by atoms with Crippen LogP contribution in [0.5, 0.6) is 0 Å². The van der Waals surface area contributed by atoms with E-state index in [1.165, 1.54) is 36.0 Å². The predicted molar refractivity (Wildman–Crippen MR) is 134 cm³/mol. The number of thioether (sulfide) groups is 1. The van der Waals surface area contributed by atoms with Gasteiger partial charge >= 0.3 is 0 Å². The molecule has 3 rings (SSSR count). The molecule has 35 heavy (non-hydrogen) atoms. The summed E-state index contributed by atoms with van der Waals surface area (Å²) in [7, 11) is 0. The van der Waals surface area contributed by atoms with Crippen LogP contribution < -0.4 is 10.6 Å². The third-order valence-corrected chi connectivity index (χ3v) is 6.27. The fourth-order valence-electron chi connectivity index (χ4n) is 3.39. The third kappa shape index (κ3) is 6.66. The summed E-state index contributed by atoms with van der Waals surface area (Å²) in [4.78, 5) is 35.5. The number of nitrogens with zero attached hydrogens (tertiary/aromatic N) is 4. The lowest BCUT2D eigenvalue weighted by molar-refractivity contribution is -0.384. The number of carbonyl (C=O) groups is 2. The van der Waals surface area contributed by atoms with E-state index in [0.717, 1.165) is 5.56 Å². The molecule has 0 saturated carbocycles. The molecule has 0 saturated heterocycles. The van der Waals surface area contributed by atoms with Crippen molar-refractivity contribution in [1.82, 2.24) is 20.1 Å². The molecule has 184 valence electrons. The maximum atomic E-state index is 12.8. The highest BCUT2D eigenvalue weighted by Gasteiger charge is 2.26. The summed E-state index contributed by atoms with van der Waals surface area (Å²) in [6, 6.07) is 12.6. The monoisotopic (exact) mass is 496 g/mol. The molecular formula is C24H28N6O4S. The number of nitrogens with one attached hydrogen (secondary N) is 2. The van der Waals surface area contributed by atoms with Gasteiger partial charge in [0.15, 0.2) is 11.0 Å². The van der Waals surface area contributed by atoms with Crippen LogP contribution in [0.15, 0.2) is 53.7 Å². The van der Waals surface area contributed by atoms with Crippen molar-refractivity contribution < 1.29 is 14.5 Å². The number of benzene rings is 2. The van der Waals surface area contributed by atoms with E-state index in [2.05, 4.69) is 20.8 Å². The van der Waals surface area contributed by atoms with Crippen LogP contribution in [-0.2, 0) is 11.3 Å². The van der Waals surface area contributed by atoms with Gasteiger partial charge in [0, 0.05) is 29.9 Å². The lowest BCUT2D eigenvalue weighted by Gasteiger charge is -2.22. The molecule has 1 unspecified atom stereocenters. The molecule has 0 aliphatic rings. The molecule has 11 heteroatoms. The van der Waals surface area contributed by atoms with Gasteiger partial charge in [-0.3, -0.25) is 19.7 Å². The molecule has 2 N–H and O–H groups in total. The Morgan fingerprint density at radius 2 is 1.74 bits per heavy atom. The zero-order valence-corrected chi connectivity index (χ0v) is 20.8. The number of hydrogen-bond donors (Lipinski definition) is 2. The molecule has 0 spiro atoms. The van der Waals surface area contributed by atoms with Crippen molar-refractivity contribution in [3.63, 3.8) is 0 Å². The van der Waals surface area contributed by atoms with Gasteiger partial charge in [-0.15, -0.1) is 10.2 Å². The van der Waals surface area contributed by atoms with Crippen LogP contribution in [0.1, 0.15) is 48.6 Å². The van der Waals surface area contributed by atoms with E-state index >= 15 is 0 Å². The maximum absolute atomic E-state index is 12.8.